The molecule has 350 valence electrons. The smallest absolute Gasteiger partial charge is 0.870 e. The topological polar surface area (TPSA) is 277 Å². The minimum atomic E-state index is -1.01. The van der Waals surface area contributed by atoms with Gasteiger partial charge in [0.05, 0.1) is 63.2 Å². The number of carboxylic acids is 1. The molecular formula is C42H61N6NaO12S3. The standard InChI is InChI=1S/C14H18N2O3S.C13H16N2O3S.C12H14N2O3S.C2H6O.CH4.Na.2H2O/c1-5-10-16-12-11(8(3)18-4)9(14(17)19-6-2)7-15-13(12)20-10;1-5-18-13(16)9-6-14-12-11(15-8(3)19-12)10(9)7(2)17-4;1-4-8-14-10-9(6(2)17-3)7(12(15)16)5-13-11(10)18-8;1-2-3;;;;/h7-8H,5-6H2,1-4H3;6-7H,5H2,1-4H3;5-6H,4H2,1-3H3,(H,15,16);3H,2H2,1H3;1H4;;2*1H2/q;;;;;+1;;/p-1. The van der Waals surface area contributed by atoms with Gasteiger partial charge < -0.3 is 44.8 Å². The van der Waals surface area contributed by atoms with Crippen LogP contribution in [-0.4, -0.2) is 110 Å². The van der Waals surface area contributed by atoms with Crippen LogP contribution >= 0.6 is 34.0 Å². The van der Waals surface area contributed by atoms with Gasteiger partial charge in [-0.1, -0.05) is 55.3 Å². The number of nitrogens with zero attached hydrogens (tertiary/aromatic N) is 6. The van der Waals surface area contributed by atoms with E-state index >= 15 is 0 Å². The number of hydrogen-bond donors (Lipinski definition) is 2. The maximum atomic E-state index is 12.1. The van der Waals surface area contributed by atoms with Crippen molar-refractivity contribution in [2.75, 3.05) is 41.2 Å². The first-order chi connectivity index (χ1) is 28.7. The fourth-order valence-corrected chi connectivity index (χ4v) is 8.18. The van der Waals surface area contributed by atoms with E-state index in [0.717, 1.165) is 64.5 Å². The molecule has 22 heteroatoms. The zero-order valence-corrected chi connectivity index (χ0v) is 42.5. The molecule has 0 aliphatic rings. The summed E-state index contributed by atoms with van der Waals surface area (Å²) in [5, 5.41) is 19.6. The molecule has 0 aromatic carbocycles. The van der Waals surface area contributed by atoms with Crippen LogP contribution in [0.25, 0.3) is 31.0 Å². The summed E-state index contributed by atoms with van der Waals surface area (Å²) in [6, 6.07) is 0. The number of esters is 2. The number of thiazole rings is 3. The van der Waals surface area contributed by atoms with Crippen molar-refractivity contribution in [3.8, 4) is 0 Å². The van der Waals surface area contributed by atoms with Gasteiger partial charge in [-0.2, -0.15) is 0 Å². The summed E-state index contributed by atoms with van der Waals surface area (Å²) in [6.45, 7) is 17.7. The van der Waals surface area contributed by atoms with Gasteiger partial charge in [0.1, 0.15) is 31.0 Å². The van der Waals surface area contributed by atoms with E-state index in [1.54, 1.807) is 65.8 Å². The minimum Gasteiger partial charge on any atom is -0.870 e. The van der Waals surface area contributed by atoms with Gasteiger partial charge in [0, 0.05) is 63.2 Å². The van der Waals surface area contributed by atoms with E-state index in [4.69, 9.17) is 28.8 Å². The molecule has 0 saturated carbocycles. The van der Waals surface area contributed by atoms with Crippen molar-refractivity contribution in [2.45, 2.75) is 101 Å². The van der Waals surface area contributed by atoms with Gasteiger partial charge in [-0.3, -0.25) is 0 Å². The number of methoxy groups -OCH3 is 3. The van der Waals surface area contributed by atoms with E-state index in [1.807, 2.05) is 41.5 Å². The Bertz CT molecular complexity index is 2380. The van der Waals surface area contributed by atoms with E-state index in [0.29, 0.717) is 35.4 Å². The zero-order chi connectivity index (χ0) is 44.7. The molecule has 3 unspecified atom stereocenters. The molecule has 5 N–H and O–H groups in total. The number of aliphatic hydroxyl groups excluding tert-OH is 1. The monoisotopic (exact) mass is 960 g/mol. The van der Waals surface area contributed by atoms with Gasteiger partial charge >= 0.3 is 47.5 Å². The molecule has 6 aromatic rings. The van der Waals surface area contributed by atoms with E-state index in [9.17, 15) is 19.5 Å². The summed E-state index contributed by atoms with van der Waals surface area (Å²) < 4.78 is 26.1. The predicted octanol–water partition coefficient (Wildman–Crippen LogP) is 5.32. The van der Waals surface area contributed by atoms with Crippen LogP contribution in [0, 0.1) is 6.92 Å². The normalized spacial score (nSPS) is 11.6. The summed E-state index contributed by atoms with van der Waals surface area (Å²) in [5.41, 5.74) is 5.23. The molecule has 3 atom stereocenters. The van der Waals surface area contributed by atoms with Gasteiger partial charge in [0.25, 0.3) is 0 Å². The number of pyridine rings is 3. The van der Waals surface area contributed by atoms with Gasteiger partial charge in [-0.15, -0.1) is 0 Å². The molecule has 0 saturated heterocycles. The van der Waals surface area contributed by atoms with Crippen LogP contribution in [0.5, 0.6) is 0 Å². The quantitative estimate of drug-likeness (QED) is 0.109. The number of ether oxygens (including phenoxy) is 5. The number of aryl methyl sites for hydroxylation is 3. The van der Waals surface area contributed by atoms with Crippen molar-refractivity contribution < 1.29 is 88.8 Å². The van der Waals surface area contributed by atoms with Gasteiger partial charge in [-0.25, -0.2) is 44.3 Å². The van der Waals surface area contributed by atoms with Crippen molar-refractivity contribution >= 4 is 83.0 Å². The molecule has 0 bridgehead atoms. The first-order valence-corrected chi connectivity index (χ1v) is 21.7. The summed E-state index contributed by atoms with van der Waals surface area (Å²) in [7, 11) is 4.76. The Morgan fingerprint density at radius 1 is 0.625 bits per heavy atom. The number of carboxylic acid groups (broad SMARTS) is 1. The molecule has 18 nitrogen and oxygen atoms in total. The number of hydrogen-bond acceptors (Lipinski definition) is 19. The summed E-state index contributed by atoms with van der Waals surface area (Å²) in [4.78, 5) is 64.0. The van der Waals surface area contributed by atoms with Crippen molar-refractivity contribution in [1.82, 2.24) is 29.9 Å². The zero-order valence-electron chi connectivity index (χ0n) is 38.0. The third-order valence-electron chi connectivity index (χ3n) is 8.70. The molecule has 0 spiro atoms. The van der Waals surface area contributed by atoms with Crippen molar-refractivity contribution in [3.05, 3.63) is 67.0 Å². The Morgan fingerprint density at radius 3 is 1.25 bits per heavy atom. The van der Waals surface area contributed by atoms with Crippen molar-refractivity contribution in [1.29, 1.82) is 0 Å². The fraction of sp³-hybridized carbons (Fsp3) is 0.500. The SMILES string of the molecule is C.CCO.CCOC(=O)c1cnc2sc(C)nc2c1C(C)OC.CCOC(=O)c1cnc2sc(CC)nc2c1C(C)OC.CCc1nc2c(C(C)OC)c(C(=O)O)cnc2s1.O.[Na+].[OH-]. The van der Waals surface area contributed by atoms with Gasteiger partial charge in [0.15, 0.2) is 0 Å². The average molecular weight is 961 g/mol. The summed E-state index contributed by atoms with van der Waals surface area (Å²) >= 11 is 4.53. The average Bonchev–Trinajstić information content (AvgIpc) is 3.98. The third kappa shape index (κ3) is 15.4. The number of rotatable bonds is 13. The Morgan fingerprint density at radius 2 is 0.938 bits per heavy atom. The number of fused-ring (bicyclic) bond motifs is 3. The van der Waals surface area contributed by atoms with Crippen LogP contribution in [0.4, 0.5) is 0 Å². The molecule has 6 rings (SSSR count). The second kappa shape index (κ2) is 30.5. The summed E-state index contributed by atoms with van der Waals surface area (Å²) in [6.07, 6.45) is 5.33. The maximum absolute atomic E-state index is 12.1. The van der Waals surface area contributed by atoms with Crippen LogP contribution in [0.3, 0.4) is 0 Å². The van der Waals surface area contributed by atoms with E-state index in [-0.39, 0.29) is 90.4 Å². The first kappa shape index (κ1) is 62.4. The van der Waals surface area contributed by atoms with Crippen LogP contribution < -0.4 is 29.6 Å². The Hall–Kier alpha value is -3.71. The predicted molar refractivity (Wildman–Crippen MR) is 246 cm³/mol. The molecule has 64 heavy (non-hydrogen) atoms. The molecule has 0 aliphatic heterocycles. The van der Waals surface area contributed by atoms with Gasteiger partial charge in [-0.05, 0) is 61.3 Å². The van der Waals surface area contributed by atoms with E-state index < -0.39 is 5.97 Å². The Labute approximate surface area is 408 Å². The second-order valence-corrected chi connectivity index (χ2v) is 15.9. The van der Waals surface area contributed by atoms with Crippen LogP contribution in [0.1, 0.15) is 144 Å². The number of aliphatic hydroxyl groups is 1. The number of carbonyl (C=O) groups is 3. The first-order valence-electron chi connectivity index (χ1n) is 19.3. The number of aromatic nitrogens is 6. The van der Waals surface area contributed by atoms with Crippen molar-refractivity contribution in [2.24, 2.45) is 0 Å². The fourth-order valence-electron chi connectivity index (χ4n) is 5.68. The summed E-state index contributed by atoms with van der Waals surface area (Å²) in [5.74, 6) is -1.78. The minimum absolute atomic E-state index is 0. The van der Waals surface area contributed by atoms with E-state index in [1.165, 1.54) is 28.9 Å². The molecule has 0 amide bonds. The molecule has 6 heterocycles. The van der Waals surface area contributed by atoms with Crippen LogP contribution in [-0.2, 0) is 36.5 Å². The van der Waals surface area contributed by atoms with Crippen molar-refractivity contribution in [3.63, 3.8) is 0 Å². The Kier molecular flexibility index (Phi) is 29.7. The maximum Gasteiger partial charge on any atom is 1.00 e. The van der Waals surface area contributed by atoms with E-state index in [2.05, 4.69) is 29.9 Å². The molecule has 6 aromatic heterocycles. The number of aromatic carboxylic acids is 1. The Balaban J connectivity index is 0. The molecule has 0 aliphatic carbocycles. The van der Waals surface area contributed by atoms with Crippen LogP contribution in [0.2, 0.25) is 0 Å². The second-order valence-electron chi connectivity index (χ2n) is 12.6. The number of carbonyl (C=O) groups excluding carboxylic acids is 2. The molecular weight excluding hydrogens is 900 g/mol. The largest absolute Gasteiger partial charge is 1.00 e. The third-order valence-corrected chi connectivity index (χ3v) is 11.8. The molecule has 0 fully saturated rings. The van der Waals surface area contributed by atoms with Crippen LogP contribution in [0.15, 0.2) is 18.6 Å². The molecule has 0 radical (unpaired) electrons. The van der Waals surface area contributed by atoms with Gasteiger partial charge in [0.2, 0.25) is 0 Å².